The highest BCUT2D eigenvalue weighted by Gasteiger charge is 2.18. The Morgan fingerprint density at radius 1 is 1.50 bits per heavy atom. The van der Waals surface area contributed by atoms with Gasteiger partial charge in [0.15, 0.2) is 0 Å². The van der Waals surface area contributed by atoms with Crippen molar-refractivity contribution in [2.24, 2.45) is 5.92 Å². The summed E-state index contributed by atoms with van der Waals surface area (Å²) in [5.41, 5.74) is 0.532. The fraction of sp³-hybridized carbons (Fsp3) is 0.615. The molecule has 0 amide bonds. The van der Waals surface area contributed by atoms with Gasteiger partial charge in [-0.15, -0.1) is 0 Å². The maximum atomic E-state index is 13.0. The number of ether oxygens (including phenoxy) is 1. The molecule has 1 aliphatic rings. The minimum Gasteiger partial charge on any atom is -0.392 e. The quantitative estimate of drug-likeness (QED) is 0.886. The maximum Gasteiger partial charge on any atom is 0.142 e. The van der Waals surface area contributed by atoms with E-state index in [1.165, 1.54) is 12.3 Å². The number of halogens is 1. The van der Waals surface area contributed by atoms with Crippen LogP contribution in [0, 0.1) is 11.7 Å². The molecule has 0 atom stereocenters. The van der Waals surface area contributed by atoms with Crippen LogP contribution >= 0.6 is 0 Å². The molecular formula is C13H19FN2O2. The second kappa shape index (κ2) is 6.11. The van der Waals surface area contributed by atoms with Gasteiger partial charge in [-0.05, 0) is 24.8 Å². The molecule has 0 aliphatic carbocycles. The fourth-order valence-corrected chi connectivity index (χ4v) is 2.34. The predicted octanol–water partition coefficient (Wildman–Crippen LogP) is 1.58. The van der Waals surface area contributed by atoms with Crippen molar-refractivity contribution in [2.45, 2.75) is 19.4 Å². The molecule has 0 saturated carbocycles. The molecule has 4 nitrogen and oxygen atoms in total. The third-order valence-electron chi connectivity index (χ3n) is 3.31. The number of hydrogen-bond acceptors (Lipinski definition) is 4. The molecule has 1 fully saturated rings. The number of pyridine rings is 1. The molecule has 0 radical (unpaired) electrons. The van der Waals surface area contributed by atoms with Crippen LogP contribution in [-0.2, 0) is 11.3 Å². The summed E-state index contributed by atoms with van der Waals surface area (Å²) in [6, 6.07) is 1.34. The van der Waals surface area contributed by atoms with Gasteiger partial charge in [-0.25, -0.2) is 9.37 Å². The van der Waals surface area contributed by atoms with E-state index in [9.17, 15) is 9.50 Å². The van der Waals surface area contributed by atoms with Crippen LogP contribution in [0.2, 0.25) is 0 Å². The predicted molar refractivity (Wildman–Crippen MR) is 66.9 cm³/mol. The molecule has 1 N–H and O–H groups in total. The summed E-state index contributed by atoms with van der Waals surface area (Å²) in [5, 5.41) is 9.24. The summed E-state index contributed by atoms with van der Waals surface area (Å²) >= 11 is 0. The lowest BCUT2D eigenvalue weighted by Crippen LogP contribution is -2.30. The van der Waals surface area contributed by atoms with E-state index in [2.05, 4.69) is 4.98 Å². The summed E-state index contributed by atoms with van der Waals surface area (Å²) in [6.07, 6.45) is 3.27. The van der Waals surface area contributed by atoms with Crippen LogP contribution in [0.4, 0.5) is 10.2 Å². The normalized spacial score (nSPS) is 16.8. The van der Waals surface area contributed by atoms with Crippen molar-refractivity contribution < 1.29 is 14.2 Å². The van der Waals surface area contributed by atoms with Gasteiger partial charge in [0.05, 0.1) is 12.8 Å². The van der Waals surface area contributed by atoms with Crippen molar-refractivity contribution in [1.82, 2.24) is 4.98 Å². The highest BCUT2D eigenvalue weighted by molar-refractivity contribution is 5.45. The van der Waals surface area contributed by atoms with E-state index >= 15 is 0 Å². The van der Waals surface area contributed by atoms with Crippen molar-refractivity contribution in [2.75, 3.05) is 31.7 Å². The van der Waals surface area contributed by atoms with Gasteiger partial charge >= 0.3 is 0 Å². The third-order valence-corrected chi connectivity index (χ3v) is 3.31. The van der Waals surface area contributed by atoms with E-state index in [-0.39, 0.29) is 6.61 Å². The number of aliphatic hydroxyl groups is 1. The summed E-state index contributed by atoms with van der Waals surface area (Å²) in [7, 11) is 1.93. The molecule has 1 saturated heterocycles. The fourth-order valence-electron chi connectivity index (χ4n) is 2.34. The average molecular weight is 254 g/mol. The molecule has 1 aliphatic heterocycles. The Kier molecular flexibility index (Phi) is 4.49. The first-order chi connectivity index (χ1) is 8.70. The number of rotatable bonds is 4. The summed E-state index contributed by atoms with van der Waals surface area (Å²) in [4.78, 5) is 6.06. The number of aromatic nitrogens is 1. The minimum absolute atomic E-state index is 0.196. The standard InChI is InChI=1S/C13H19FN2O2/c1-16(8-10-2-4-18-5-3-10)13-11(9-17)6-12(14)7-15-13/h6-7,10,17H,2-5,8-9H2,1H3. The van der Waals surface area contributed by atoms with E-state index in [1.54, 1.807) is 0 Å². The van der Waals surface area contributed by atoms with E-state index in [4.69, 9.17) is 4.74 Å². The number of nitrogens with zero attached hydrogens (tertiary/aromatic N) is 2. The Balaban J connectivity index is 2.05. The first kappa shape index (κ1) is 13.2. The van der Waals surface area contributed by atoms with Crippen molar-refractivity contribution in [1.29, 1.82) is 0 Å². The van der Waals surface area contributed by atoms with Gasteiger partial charge in [-0.3, -0.25) is 0 Å². The van der Waals surface area contributed by atoms with Crippen LogP contribution in [0.3, 0.4) is 0 Å². The maximum absolute atomic E-state index is 13.0. The van der Waals surface area contributed by atoms with E-state index in [1.807, 2.05) is 11.9 Å². The molecule has 1 aromatic rings. The van der Waals surface area contributed by atoms with Gasteiger partial charge in [0.1, 0.15) is 11.6 Å². The van der Waals surface area contributed by atoms with Gasteiger partial charge in [0.25, 0.3) is 0 Å². The smallest absolute Gasteiger partial charge is 0.142 e. The third kappa shape index (κ3) is 3.17. The zero-order valence-corrected chi connectivity index (χ0v) is 10.6. The molecule has 0 bridgehead atoms. The molecule has 18 heavy (non-hydrogen) atoms. The molecule has 2 rings (SSSR count). The Morgan fingerprint density at radius 2 is 2.22 bits per heavy atom. The molecule has 0 spiro atoms. The molecule has 0 unspecified atom stereocenters. The van der Waals surface area contributed by atoms with Gasteiger partial charge in [0.2, 0.25) is 0 Å². The van der Waals surface area contributed by atoms with Crippen molar-refractivity contribution in [3.63, 3.8) is 0 Å². The summed E-state index contributed by atoms with van der Waals surface area (Å²) in [5.74, 6) is 0.815. The highest BCUT2D eigenvalue weighted by atomic mass is 19.1. The Morgan fingerprint density at radius 3 is 2.89 bits per heavy atom. The van der Waals surface area contributed by atoms with Gasteiger partial charge < -0.3 is 14.7 Å². The van der Waals surface area contributed by atoms with E-state index in [0.717, 1.165) is 32.6 Å². The minimum atomic E-state index is -0.415. The number of anilines is 1. The van der Waals surface area contributed by atoms with Crippen LogP contribution in [0.15, 0.2) is 12.3 Å². The van der Waals surface area contributed by atoms with Crippen LogP contribution in [0.1, 0.15) is 18.4 Å². The number of aliphatic hydroxyl groups excluding tert-OH is 1. The van der Waals surface area contributed by atoms with Gasteiger partial charge in [-0.2, -0.15) is 0 Å². The van der Waals surface area contributed by atoms with Crippen LogP contribution in [0.5, 0.6) is 0 Å². The molecule has 0 aromatic carbocycles. The summed E-state index contributed by atoms with van der Waals surface area (Å²) < 4.78 is 18.4. The van der Waals surface area contributed by atoms with Crippen molar-refractivity contribution in [3.05, 3.63) is 23.6 Å². The Bertz CT molecular complexity index is 395. The lowest BCUT2D eigenvalue weighted by molar-refractivity contribution is 0.0684. The molecule has 5 heteroatoms. The van der Waals surface area contributed by atoms with Crippen LogP contribution in [0.25, 0.3) is 0 Å². The molecular weight excluding hydrogens is 235 g/mol. The van der Waals surface area contributed by atoms with Crippen LogP contribution in [-0.4, -0.2) is 36.9 Å². The zero-order valence-electron chi connectivity index (χ0n) is 10.6. The van der Waals surface area contributed by atoms with E-state index in [0.29, 0.717) is 17.3 Å². The highest BCUT2D eigenvalue weighted by Crippen LogP contribution is 2.21. The second-order valence-electron chi connectivity index (χ2n) is 4.73. The second-order valence-corrected chi connectivity index (χ2v) is 4.73. The largest absolute Gasteiger partial charge is 0.392 e. The topological polar surface area (TPSA) is 45.6 Å². The van der Waals surface area contributed by atoms with Crippen molar-refractivity contribution in [3.8, 4) is 0 Å². The monoisotopic (exact) mass is 254 g/mol. The molecule has 1 aromatic heterocycles. The zero-order chi connectivity index (χ0) is 13.0. The first-order valence-electron chi connectivity index (χ1n) is 6.25. The molecule has 100 valence electrons. The van der Waals surface area contributed by atoms with Gasteiger partial charge in [0, 0.05) is 32.4 Å². The van der Waals surface area contributed by atoms with Gasteiger partial charge in [-0.1, -0.05) is 0 Å². The van der Waals surface area contributed by atoms with Crippen molar-refractivity contribution >= 4 is 5.82 Å². The lowest BCUT2D eigenvalue weighted by Gasteiger charge is -2.28. The van der Waals surface area contributed by atoms with Crippen LogP contribution < -0.4 is 4.90 Å². The lowest BCUT2D eigenvalue weighted by atomic mass is 10.00. The number of hydrogen-bond donors (Lipinski definition) is 1. The SMILES string of the molecule is CN(CC1CCOCC1)c1ncc(F)cc1CO. The van der Waals surface area contributed by atoms with E-state index < -0.39 is 5.82 Å². The Labute approximate surface area is 106 Å². The first-order valence-corrected chi connectivity index (χ1v) is 6.25. The summed E-state index contributed by atoms with van der Waals surface area (Å²) in [6.45, 7) is 2.28. The Hall–Kier alpha value is -1.20. The molecule has 2 heterocycles. The average Bonchev–Trinajstić information content (AvgIpc) is 2.39.